The minimum atomic E-state index is -1.48. The summed E-state index contributed by atoms with van der Waals surface area (Å²) in [6, 6.07) is 13.0. The number of amides is 1. The van der Waals surface area contributed by atoms with E-state index in [0.717, 1.165) is 0 Å². The van der Waals surface area contributed by atoms with Crippen LogP contribution in [-0.4, -0.2) is 22.0 Å². The summed E-state index contributed by atoms with van der Waals surface area (Å²) in [7, 11) is 0. The lowest BCUT2D eigenvalue weighted by Crippen LogP contribution is -2.37. The van der Waals surface area contributed by atoms with Crippen LogP contribution in [0.3, 0.4) is 0 Å². The normalized spacial score (nSPS) is 11.9. The molecule has 25 heavy (non-hydrogen) atoms. The molecular formula is C18H13ClN2O4. The second-order valence-corrected chi connectivity index (χ2v) is 5.83. The average molecular weight is 357 g/mol. The summed E-state index contributed by atoms with van der Waals surface area (Å²) in [4.78, 5) is 38.8. The Labute approximate surface area is 147 Å². The van der Waals surface area contributed by atoms with Gasteiger partial charge in [-0.15, -0.1) is 0 Å². The largest absolute Gasteiger partial charge is 0.479 e. The molecule has 3 N–H and O–H groups in total. The van der Waals surface area contributed by atoms with Crippen molar-refractivity contribution in [1.82, 2.24) is 10.3 Å². The Balaban J connectivity index is 1.97. The molecule has 3 rings (SSSR count). The van der Waals surface area contributed by atoms with Crippen molar-refractivity contribution >= 4 is 34.4 Å². The molecule has 1 aromatic heterocycles. The number of aromatic nitrogens is 1. The van der Waals surface area contributed by atoms with Crippen LogP contribution in [0.25, 0.3) is 10.9 Å². The third-order valence-corrected chi connectivity index (χ3v) is 3.97. The zero-order chi connectivity index (χ0) is 18.0. The molecule has 0 radical (unpaired) electrons. The molecule has 1 unspecified atom stereocenters. The molecule has 1 heterocycles. The highest BCUT2D eigenvalue weighted by molar-refractivity contribution is 6.30. The van der Waals surface area contributed by atoms with Crippen LogP contribution in [0.1, 0.15) is 22.0 Å². The maximum Gasteiger partial charge on any atom is 0.331 e. The standard InChI is InChI=1S/C18H13ClN2O4/c19-12-7-5-10(6-8-12)16(22)21-15(18(24)25)13-9-11-3-1-2-4-14(11)20-17(13)23/h1-9,15H,(H,20,23)(H,21,22)(H,24,25). The zero-order valence-corrected chi connectivity index (χ0v) is 13.6. The van der Waals surface area contributed by atoms with Crippen molar-refractivity contribution in [2.24, 2.45) is 0 Å². The molecule has 0 aliphatic heterocycles. The third kappa shape index (κ3) is 3.54. The number of aromatic amines is 1. The van der Waals surface area contributed by atoms with E-state index in [0.29, 0.717) is 15.9 Å². The van der Waals surface area contributed by atoms with Gasteiger partial charge < -0.3 is 15.4 Å². The van der Waals surface area contributed by atoms with Crippen LogP contribution in [-0.2, 0) is 4.79 Å². The fraction of sp³-hybridized carbons (Fsp3) is 0.0556. The van der Waals surface area contributed by atoms with Gasteiger partial charge in [0.25, 0.3) is 11.5 Å². The van der Waals surface area contributed by atoms with Gasteiger partial charge in [0, 0.05) is 16.1 Å². The van der Waals surface area contributed by atoms with Crippen LogP contribution >= 0.6 is 11.6 Å². The molecule has 0 saturated heterocycles. The predicted molar refractivity (Wildman–Crippen MR) is 93.9 cm³/mol. The van der Waals surface area contributed by atoms with Crippen LogP contribution in [0.5, 0.6) is 0 Å². The van der Waals surface area contributed by atoms with E-state index < -0.39 is 23.5 Å². The molecule has 0 saturated carbocycles. The summed E-state index contributed by atoms with van der Waals surface area (Å²) < 4.78 is 0. The first kappa shape index (κ1) is 16.7. The lowest BCUT2D eigenvalue weighted by molar-refractivity contribution is -0.139. The van der Waals surface area contributed by atoms with Gasteiger partial charge in [0.1, 0.15) is 0 Å². The summed E-state index contributed by atoms with van der Waals surface area (Å²) in [5.74, 6) is -1.94. The van der Waals surface area contributed by atoms with Crippen LogP contribution in [0.4, 0.5) is 0 Å². The van der Waals surface area contributed by atoms with Crippen molar-refractivity contribution < 1.29 is 14.7 Å². The second-order valence-electron chi connectivity index (χ2n) is 5.39. The van der Waals surface area contributed by atoms with E-state index >= 15 is 0 Å². The van der Waals surface area contributed by atoms with Gasteiger partial charge in [0.15, 0.2) is 6.04 Å². The van der Waals surface area contributed by atoms with Crippen LogP contribution in [0, 0.1) is 0 Å². The van der Waals surface area contributed by atoms with Crippen LogP contribution in [0.2, 0.25) is 5.02 Å². The quantitative estimate of drug-likeness (QED) is 0.669. The number of hydrogen-bond donors (Lipinski definition) is 3. The van der Waals surface area contributed by atoms with E-state index in [-0.39, 0.29) is 11.1 Å². The molecule has 6 nitrogen and oxygen atoms in total. The highest BCUT2D eigenvalue weighted by Gasteiger charge is 2.25. The van der Waals surface area contributed by atoms with Gasteiger partial charge in [0.2, 0.25) is 0 Å². The molecule has 126 valence electrons. The molecule has 3 aromatic rings. The number of halogens is 1. The lowest BCUT2D eigenvalue weighted by atomic mass is 10.1. The van der Waals surface area contributed by atoms with Crippen molar-refractivity contribution in [3.63, 3.8) is 0 Å². The number of carboxylic acid groups (broad SMARTS) is 1. The van der Waals surface area contributed by atoms with Crippen LogP contribution in [0.15, 0.2) is 59.4 Å². The number of rotatable bonds is 4. The number of nitrogens with one attached hydrogen (secondary N) is 2. The van der Waals surface area contributed by atoms with Gasteiger partial charge in [-0.3, -0.25) is 9.59 Å². The molecular weight excluding hydrogens is 344 g/mol. The number of carboxylic acids is 1. The number of H-pyrrole nitrogens is 1. The minimum absolute atomic E-state index is 0.0477. The van der Waals surface area contributed by atoms with Crippen molar-refractivity contribution in [3.8, 4) is 0 Å². The number of carbonyl (C=O) groups is 2. The van der Waals surface area contributed by atoms with Gasteiger partial charge in [-0.25, -0.2) is 4.79 Å². The van der Waals surface area contributed by atoms with Crippen molar-refractivity contribution in [2.45, 2.75) is 6.04 Å². The first-order valence-electron chi connectivity index (χ1n) is 7.37. The van der Waals surface area contributed by atoms with E-state index in [1.54, 1.807) is 24.3 Å². The lowest BCUT2D eigenvalue weighted by Gasteiger charge is -2.15. The molecule has 7 heteroatoms. The topological polar surface area (TPSA) is 99.3 Å². The van der Waals surface area contributed by atoms with E-state index in [1.807, 2.05) is 0 Å². The Hall–Kier alpha value is -3.12. The molecule has 0 aliphatic carbocycles. The number of carbonyl (C=O) groups excluding carboxylic acids is 1. The zero-order valence-electron chi connectivity index (χ0n) is 12.8. The maximum atomic E-state index is 12.3. The smallest absolute Gasteiger partial charge is 0.331 e. The van der Waals surface area contributed by atoms with Crippen molar-refractivity contribution in [2.75, 3.05) is 0 Å². The highest BCUT2D eigenvalue weighted by atomic mass is 35.5. The monoisotopic (exact) mass is 356 g/mol. The average Bonchev–Trinajstić information content (AvgIpc) is 2.59. The molecule has 0 aliphatic rings. The Morgan fingerprint density at radius 1 is 1.08 bits per heavy atom. The number of hydrogen-bond acceptors (Lipinski definition) is 3. The van der Waals surface area contributed by atoms with Crippen molar-refractivity contribution in [1.29, 1.82) is 0 Å². The Kier molecular flexibility index (Phi) is 4.54. The molecule has 0 bridgehead atoms. The molecule has 0 spiro atoms. The fourth-order valence-electron chi connectivity index (χ4n) is 2.47. The van der Waals surface area contributed by atoms with Gasteiger partial charge in [-0.05, 0) is 41.8 Å². The van der Waals surface area contributed by atoms with E-state index in [9.17, 15) is 19.5 Å². The summed E-state index contributed by atoms with van der Waals surface area (Å²) in [5, 5.41) is 13.0. The number of fused-ring (bicyclic) bond motifs is 1. The number of pyridine rings is 1. The molecule has 0 fully saturated rings. The first-order valence-corrected chi connectivity index (χ1v) is 7.75. The van der Waals surface area contributed by atoms with E-state index in [1.165, 1.54) is 30.3 Å². The summed E-state index contributed by atoms with van der Waals surface area (Å²) in [6.07, 6.45) is 0. The Morgan fingerprint density at radius 3 is 2.44 bits per heavy atom. The molecule has 1 amide bonds. The van der Waals surface area contributed by atoms with E-state index in [4.69, 9.17) is 11.6 Å². The Morgan fingerprint density at radius 2 is 1.76 bits per heavy atom. The Bertz CT molecular complexity index is 1010. The number of aliphatic carboxylic acids is 1. The first-order chi connectivity index (χ1) is 12.0. The van der Waals surface area contributed by atoms with Gasteiger partial charge in [0.05, 0.1) is 5.56 Å². The highest BCUT2D eigenvalue weighted by Crippen LogP contribution is 2.17. The maximum absolute atomic E-state index is 12.3. The fourth-order valence-corrected chi connectivity index (χ4v) is 2.59. The predicted octanol–water partition coefficient (Wildman–Crippen LogP) is 2.74. The minimum Gasteiger partial charge on any atom is -0.479 e. The second kappa shape index (κ2) is 6.78. The van der Waals surface area contributed by atoms with Crippen molar-refractivity contribution in [3.05, 3.63) is 81.1 Å². The van der Waals surface area contributed by atoms with Gasteiger partial charge >= 0.3 is 5.97 Å². The van der Waals surface area contributed by atoms with Gasteiger partial charge in [-0.1, -0.05) is 29.8 Å². The SMILES string of the molecule is O=C(NC(C(=O)O)c1cc2ccccc2[nH]c1=O)c1ccc(Cl)cc1. The van der Waals surface area contributed by atoms with E-state index in [2.05, 4.69) is 10.3 Å². The van der Waals surface area contributed by atoms with Gasteiger partial charge in [-0.2, -0.15) is 0 Å². The summed E-state index contributed by atoms with van der Waals surface area (Å²) >= 11 is 5.77. The third-order valence-electron chi connectivity index (χ3n) is 3.72. The summed E-state index contributed by atoms with van der Waals surface area (Å²) in [5.41, 5.74) is 0.216. The number of benzene rings is 2. The molecule has 1 atom stereocenters. The summed E-state index contributed by atoms with van der Waals surface area (Å²) in [6.45, 7) is 0. The number of para-hydroxylation sites is 1. The molecule has 2 aromatic carbocycles. The van der Waals surface area contributed by atoms with Crippen LogP contribution < -0.4 is 10.9 Å².